The van der Waals surface area contributed by atoms with E-state index in [0.29, 0.717) is 11.1 Å². The lowest BCUT2D eigenvalue weighted by Crippen LogP contribution is -2.10. The third kappa shape index (κ3) is 3.36. The monoisotopic (exact) mass is 282 g/mol. The van der Waals surface area contributed by atoms with Crippen molar-refractivity contribution in [1.29, 1.82) is 10.5 Å². The molecule has 0 spiro atoms. The second-order valence-corrected chi connectivity index (χ2v) is 4.29. The Kier molecular flexibility index (Phi) is 4.50. The summed E-state index contributed by atoms with van der Waals surface area (Å²) < 4.78 is 18.7. The molecule has 0 aliphatic heterocycles. The Morgan fingerprint density at radius 1 is 1.10 bits per heavy atom. The third-order valence-corrected chi connectivity index (χ3v) is 2.91. The number of hydrogen-bond acceptors (Lipinski definition) is 4. The molecule has 2 aromatic rings. The summed E-state index contributed by atoms with van der Waals surface area (Å²) >= 11 is 0. The van der Waals surface area contributed by atoms with Gasteiger partial charge in [-0.25, -0.2) is 4.39 Å². The molecule has 2 rings (SSSR count). The maximum Gasteiger partial charge on any atom is 0.144 e. The van der Waals surface area contributed by atoms with Crippen molar-refractivity contribution >= 4 is 0 Å². The van der Waals surface area contributed by atoms with Crippen LogP contribution in [-0.4, -0.2) is 11.7 Å². The van der Waals surface area contributed by atoms with Crippen molar-refractivity contribution in [3.05, 3.63) is 65.0 Å². The van der Waals surface area contributed by atoms with Crippen molar-refractivity contribution in [1.82, 2.24) is 0 Å². The van der Waals surface area contributed by atoms with Gasteiger partial charge >= 0.3 is 0 Å². The Labute approximate surface area is 121 Å². The number of nitriles is 2. The molecular weight excluding hydrogens is 271 g/mol. The second-order valence-electron chi connectivity index (χ2n) is 4.29. The van der Waals surface area contributed by atoms with Gasteiger partial charge in [-0.2, -0.15) is 10.5 Å². The summed E-state index contributed by atoms with van der Waals surface area (Å²) in [5.74, 6) is -0.576. The standard InChI is InChI=1S/C16H11FN2O2/c17-14-2-1-3-16(13(14)9-19)21-10-15(20)12-6-4-11(8-18)5-7-12/h1-7,15,20H,10H2. The second kappa shape index (κ2) is 6.51. The minimum Gasteiger partial charge on any atom is -0.489 e. The van der Waals surface area contributed by atoms with E-state index in [1.54, 1.807) is 30.3 Å². The average Bonchev–Trinajstić information content (AvgIpc) is 2.52. The van der Waals surface area contributed by atoms with Crippen LogP contribution < -0.4 is 4.74 Å². The summed E-state index contributed by atoms with van der Waals surface area (Å²) in [7, 11) is 0. The van der Waals surface area contributed by atoms with Crippen molar-refractivity contribution in [2.24, 2.45) is 0 Å². The van der Waals surface area contributed by atoms with E-state index in [9.17, 15) is 9.50 Å². The lowest BCUT2D eigenvalue weighted by Gasteiger charge is -2.13. The van der Waals surface area contributed by atoms with Gasteiger partial charge in [-0.15, -0.1) is 0 Å². The largest absolute Gasteiger partial charge is 0.489 e. The average molecular weight is 282 g/mol. The fraction of sp³-hybridized carbons (Fsp3) is 0.125. The van der Waals surface area contributed by atoms with Gasteiger partial charge in [0, 0.05) is 0 Å². The molecule has 0 bridgehead atoms. The Balaban J connectivity index is 2.08. The van der Waals surface area contributed by atoms with Gasteiger partial charge in [-0.3, -0.25) is 0 Å². The van der Waals surface area contributed by atoms with Crippen molar-refractivity contribution in [3.8, 4) is 17.9 Å². The van der Waals surface area contributed by atoms with E-state index >= 15 is 0 Å². The molecule has 0 saturated heterocycles. The first kappa shape index (κ1) is 14.5. The minimum atomic E-state index is -0.937. The molecule has 0 aliphatic rings. The molecule has 0 radical (unpaired) electrons. The minimum absolute atomic E-state index is 0.0881. The number of benzene rings is 2. The van der Waals surface area contributed by atoms with E-state index in [1.165, 1.54) is 18.2 Å². The Morgan fingerprint density at radius 2 is 1.81 bits per heavy atom. The summed E-state index contributed by atoms with van der Waals surface area (Å²) in [6.45, 7) is -0.121. The number of aliphatic hydroxyl groups is 1. The molecule has 0 heterocycles. The van der Waals surface area contributed by atoms with Crippen LogP contribution in [0.2, 0.25) is 0 Å². The predicted molar refractivity (Wildman–Crippen MR) is 72.7 cm³/mol. The van der Waals surface area contributed by atoms with Crippen LogP contribution in [0, 0.1) is 28.5 Å². The van der Waals surface area contributed by atoms with Crippen LogP contribution in [0.25, 0.3) is 0 Å². The van der Waals surface area contributed by atoms with Gasteiger partial charge in [0.05, 0.1) is 11.6 Å². The summed E-state index contributed by atoms with van der Waals surface area (Å²) in [5, 5.41) is 27.6. The van der Waals surface area contributed by atoms with E-state index in [-0.39, 0.29) is 17.9 Å². The quantitative estimate of drug-likeness (QED) is 0.935. The van der Waals surface area contributed by atoms with Crippen molar-refractivity contribution < 1.29 is 14.2 Å². The van der Waals surface area contributed by atoms with E-state index in [0.717, 1.165) is 0 Å². The smallest absolute Gasteiger partial charge is 0.144 e. The predicted octanol–water partition coefficient (Wildman–Crippen LogP) is 2.68. The first-order chi connectivity index (χ1) is 10.2. The summed E-state index contributed by atoms with van der Waals surface area (Å²) in [6, 6.07) is 14.2. The van der Waals surface area contributed by atoms with Crippen LogP contribution >= 0.6 is 0 Å². The van der Waals surface area contributed by atoms with E-state index < -0.39 is 11.9 Å². The molecule has 2 aromatic carbocycles. The lowest BCUT2D eigenvalue weighted by molar-refractivity contribution is 0.108. The number of nitrogens with zero attached hydrogens (tertiary/aromatic N) is 2. The van der Waals surface area contributed by atoms with E-state index in [4.69, 9.17) is 15.3 Å². The van der Waals surface area contributed by atoms with Gasteiger partial charge in [-0.05, 0) is 29.8 Å². The van der Waals surface area contributed by atoms with Gasteiger partial charge < -0.3 is 9.84 Å². The zero-order chi connectivity index (χ0) is 15.2. The molecule has 0 aromatic heterocycles. The fourth-order valence-corrected chi connectivity index (χ4v) is 1.78. The Morgan fingerprint density at radius 3 is 2.43 bits per heavy atom. The van der Waals surface area contributed by atoms with Gasteiger partial charge in [0.1, 0.15) is 35.9 Å². The topological polar surface area (TPSA) is 77.0 Å². The van der Waals surface area contributed by atoms with Crippen LogP contribution in [-0.2, 0) is 0 Å². The zero-order valence-electron chi connectivity index (χ0n) is 11.0. The summed E-state index contributed by atoms with van der Waals surface area (Å²) in [4.78, 5) is 0. The van der Waals surface area contributed by atoms with Crippen molar-refractivity contribution in [2.45, 2.75) is 6.10 Å². The van der Waals surface area contributed by atoms with Crippen LogP contribution in [0.1, 0.15) is 22.8 Å². The normalized spacial score (nSPS) is 11.2. The molecule has 21 heavy (non-hydrogen) atoms. The maximum absolute atomic E-state index is 13.4. The fourth-order valence-electron chi connectivity index (χ4n) is 1.78. The highest BCUT2D eigenvalue weighted by Crippen LogP contribution is 2.22. The van der Waals surface area contributed by atoms with Crippen LogP contribution in [0.4, 0.5) is 4.39 Å². The molecule has 0 amide bonds. The highest BCUT2D eigenvalue weighted by atomic mass is 19.1. The van der Waals surface area contributed by atoms with Crippen LogP contribution in [0.15, 0.2) is 42.5 Å². The van der Waals surface area contributed by atoms with Crippen LogP contribution in [0.3, 0.4) is 0 Å². The van der Waals surface area contributed by atoms with Gasteiger partial charge in [-0.1, -0.05) is 18.2 Å². The molecule has 4 nitrogen and oxygen atoms in total. The SMILES string of the molecule is N#Cc1ccc(C(O)COc2cccc(F)c2C#N)cc1. The van der Waals surface area contributed by atoms with Crippen molar-refractivity contribution in [3.63, 3.8) is 0 Å². The Bertz CT molecular complexity index is 715. The van der Waals surface area contributed by atoms with Crippen LogP contribution in [0.5, 0.6) is 5.75 Å². The first-order valence-electron chi connectivity index (χ1n) is 6.15. The molecule has 104 valence electrons. The molecule has 0 saturated carbocycles. The molecule has 0 aliphatic carbocycles. The number of ether oxygens (including phenoxy) is 1. The maximum atomic E-state index is 13.4. The number of aliphatic hydroxyl groups excluding tert-OH is 1. The van der Waals surface area contributed by atoms with E-state index in [2.05, 4.69) is 0 Å². The summed E-state index contributed by atoms with van der Waals surface area (Å²) in [5.41, 5.74) is 0.872. The highest BCUT2D eigenvalue weighted by Gasteiger charge is 2.12. The van der Waals surface area contributed by atoms with Gasteiger partial charge in [0.25, 0.3) is 0 Å². The molecule has 5 heteroatoms. The molecular formula is C16H11FN2O2. The highest BCUT2D eigenvalue weighted by molar-refractivity contribution is 5.43. The number of rotatable bonds is 4. The Hall–Kier alpha value is -2.89. The lowest BCUT2D eigenvalue weighted by atomic mass is 10.1. The first-order valence-corrected chi connectivity index (χ1v) is 6.15. The van der Waals surface area contributed by atoms with E-state index in [1.807, 2.05) is 6.07 Å². The molecule has 1 unspecified atom stereocenters. The third-order valence-electron chi connectivity index (χ3n) is 2.91. The zero-order valence-corrected chi connectivity index (χ0v) is 11.0. The van der Waals surface area contributed by atoms with Gasteiger partial charge in [0.15, 0.2) is 0 Å². The number of halogens is 1. The molecule has 1 N–H and O–H groups in total. The van der Waals surface area contributed by atoms with Crippen molar-refractivity contribution in [2.75, 3.05) is 6.61 Å². The molecule has 1 atom stereocenters. The molecule has 0 fully saturated rings. The van der Waals surface area contributed by atoms with Gasteiger partial charge in [0.2, 0.25) is 0 Å². The number of hydrogen-bond donors (Lipinski definition) is 1. The summed E-state index contributed by atoms with van der Waals surface area (Å²) in [6.07, 6.45) is -0.937.